The first-order chi connectivity index (χ1) is 8.61. The average Bonchev–Trinajstić information content (AvgIpc) is 2.71. The van der Waals surface area contributed by atoms with Crippen molar-refractivity contribution in [2.45, 2.75) is 13.5 Å². The summed E-state index contributed by atoms with van der Waals surface area (Å²) >= 11 is 3.34. The Balaban J connectivity index is 2.40. The number of rotatable bonds is 3. The van der Waals surface area contributed by atoms with Crippen molar-refractivity contribution in [1.29, 1.82) is 0 Å². The molecule has 0 N–H and O–H groups in total. The molecule has 4 nitrogen and oxygen atoms in total. The van der Waals surface area contributed by atoms with Gasteiger partial charge in [-0.05, 0) is 30.7 Å². The third-order valence-electron chi connectivity index (χ3n) is 2.41. The van der Waals surface area contributed by atoms with E-state index in [1.165, 1.54) is 15.6 Å². The summed E-state index contributed by atoms with van der Waals surface area (Å²) < 4.78 is 15.8. The summed E-state index contributed by atoms with van der Waals surface area (Å²) in [5, 5.41) is 3.95. The van der Waals surface area contributed by atoms with Crippen LogP contribution < -0.4 is 5.69 Å². The molecule has 0 atom stereocenters. The molecular weight excluding hydrogens is 301 g/mol. The van der Waals surface area contributed by atoms with Crippen LogP contribution in [0.3, 0.4) is 0 Å². The molecule has 0 fully saturated rings. The second kappa shape index (κ2) is 5.30. The topological polar surface area (TPSA) is 39.8 Å². The molecular formula is C12H11BrFN3O. The summed E-state index contributed by atoms with van der Waals surface area (Å²) in [6.07, 6.45) is 1.90. The van der Waals surface area contributed by atoms with Gasteiger partial charge >= 0.3 is 5.69 Å². The second-order valence-electron chi connectivity index (χ2n) is 3.88. The standard InChI is InChI=1S/C12H11BrFN3O/c1-9(6-14)7-17-12(18)16(8-15-17)11-4-2-3-10(13)5-11/h2-6,8H,7H2,1H3/b9-6+. The third-order valence-corrected chi connectivity index (χ3v) is 2.90. The number of hydrogen-bond acceptors (Lipinski definition) is 2. The van der Waals surface area contributed by atoms with E-state index in [0.717, 1.165) is 4.47 Å². The average molecular weight is 312 g/mol. The van der Waals surface area contributed by atoms with Crippen LogP contribution in [0.1, 0.15) is 6.92 Å². The molecule has 1 aromatic carbocycles. The van der Waals surface area contributed by atoms with Gasteiger partial charge in [0.1, 0.15) is 6.33 Å². The lowest BCUT2D eigenvalue weighted by atomic mass is 10.3. The van der Waals surface area contributed by atoms with E-state index < -0.39 is 0 Å². The van der Waals surface area contributed by atoms with E-state index in [2.05, 4.69) is 21.0 Å². The van der Waals surface area contributed by atoms with E-state index in [-0.39, 0.29) is 12.2 Å². The van der Waals surface area contributed by atoms with Crippen LogP contribution in [0.15, 0.2) is 51.8 Å². The molecule has 0 radical (unpaired) electrons. The smallest absolute Gasteiger partial charge is 0.250 e. The summed E-state index contributed by atoms with van der Waals surface area (Å²) in [6, 6.07) is 7.31. The lowest BCUT2D eigenvalue weighted by Crippen LogP contribution is -2.24. The molecule has 0 aliphatic rings. The molecule has 0 amide bonds. The van der Waals surface area contributed by atoms with Crippen molar-refractivity contribution in [1.82, 2.24) is 14.3 Å². The van der Waals surface area contributed by atoms with Gasteiger partial charge in [0.05, 0.1) is 18.6 Å². The SMILES string of the molecule is C/C(=C\F)Cn1ncn(-c2cccc(Br)c2)c1=O. The summed E-state index contributed by atoms with van der Waals surface area (Å²) in [5.74, 6) is 0. The van der Waals surface area contributed by atoms with Crippen molar-refractivity contribution in [2.24, 2.45) is 0 Å². The molecule has 2 aromatic rings. The molecule has 0 spiro atoms. The van der Waals surface area contributed by atoms with E-state index in [1.54, 1.807) is 13.0 Å². The van der Waals surface area contributed by atoms with Crippen LogP contribution in [0.5, 0.6) is 0 Å². The highest BCUT2D eigenvalue weighted by Crippen LogP contribution is 2.13. The van der Waals surface area contributed by atoms with Crippen LogP contribution in [0.2, 0.25) is 0 Å². The van der Waals surface area contributed by atoms with E-state index >= 15 is 0 Å². The van der Waals surface area contributed by atoms with Gasteiger partial charge in [0.15, 0.2) is 0 Å². The van der Waals surface area contributed by atoms with Crippen molar-refractivity contribution in [3.05, 3.63) is 57.5 Å². The fraction of sp³-hybridized carbons (Fsp3) is 0.167. The van der Waals surface area contributed by atoms with Crippen LogP contribution in [-0.2, 0) is 6.54 Å². The number of allylic oxidation sites excluding steroid dienone is 1. The van der Waals surface area contributed by atoms with Gasteiger partial charge in [-0.2, -0.15) is 5.10 Å². The Labute approximate surface area is 111 Å². The molecule has 0 saturated carbocycles. The third kappa shape index (κ3) is 2.59. The monoisotopic (exact) mass is 311 g/mol. The molecule has 2 rings (SSSR count). The zero-order valence-electron chi connectivity index (χ0n) is 9.68. The number of aromatic nitrogens is 3. The number of benzene rings is 1. The highest BCUT2D eigenvalue weighted by atomic mass is 79.9. The summed E-state index contributed by atoms with van der Waals surface area (Å²) in [5.41, 5.74) is 0.855. The van der Waals surface area contributed by atoms with Crippen molar-refractivity contribution in [2.75, 3.05) is 0 Å². The summed E-state index contributed by atoms with van der Waals surface area (Å²) in [6.45, 7) is 1.75. The maximum absolute atomic E-state index is 12.3. The summed E-state index contributed by atoms with van der Waals surface area (Å²) in [4.78, 5) is 12.0. The zero-order chi connectivity index (χ0) is 13.1. The molecule has 0 unspecified atom stereocenters. The number of nitrogens with zero attached hydrogens (tertiary/aromatic N) is 3. The van der Waals surface area contributed by atoms with E-state index in [1.807, 2.05) is 18.2 Å². The maximum atomic E-state index is 12.3. The largest absolute Gasteiger partial charge is 0.350 e. The Hall–Kier alpha value is -1.69. The molecule has 0 aliphatic heterocycles. The van der Waals surface area contributed by atoms with Crippen molar-refractivity contribution < 1.29 is 4.39 Å². The first-order valence-corrected chi connectivity index (χ1v) is 6.07. The van der Waals surface area contributed by atoms with Crippen molar-refractivity contribution >= 4 is 15.9 Å². The summed E-state index contributed by atoms with van der Waals surface area (Å²) in [7, 11) is 0. The normalized spacial score (nSPS) is 11.8. The van der Waals surface area contributed by atoms with E-state index in [9.17, 15) is 9.18 Å². The van der Waals surface area contributed by atoms with Crippen LogP contribution in [-0.4, -0.2) is 14.3 Å². The Bertz CT molecular complexity index is 645. The van der Waals surface area contributed by atoms with Gasteiger partial charge in [0.2, 0.25) is 0 Å². The number of hydrogen-bond donors (Lipinski definition) is 0. The second-order valence-corrected chi connectivity index (χ2v) is 4.79. The fourth-order valence-electron chi connectivity index (χ4n) is 1.52. The fourth-order valence-corrected chi connectivity index (χ4v) is 1.91. The zero-order valence-corrected chi connectivity index (χ0v) is 11.3. The van der Waals surface area contributed by atoms with Crippen LogP contribution >= 0.6 is 15.9 Å². The molecule has 0 saturated heterocycles. The Morgan fingerprint density at radius 2 is 2.33 bits per heavy atom. The molecule has 0 aliphatic carbocycles. The minimum atomic E-state index is -0.297. The molecule has 6 heteroatoms. The molecule has 94 valence electrons. The highest BCUT2D eigenvalue weighted by Gasteiger charge is 2.07. The Kier molecular flexibility index (Phi) is 3.76. The van der Waals surface area contributed by atoms with Gasteiger partial charge in [-0.1, -0.05) is 22.0 Å². The van der Waals surface area contributed by atoms with Gasteiger partial charge in [-0.3, -0.25) is 0 Å². The number of halogens is 2. The van der Waals surface area contributed by atoms with Crippen molar-refractivity contribution in [3.63, 3.8) is 0 Å². The minimum absolute atomic E-state index is 0.149. The van der Waals surface area contributed by atoms with Gasteiger partial charge < -0.3 is 0 Å². The van der Waals surface area contributed by atoms with Crippen molar-refractivity contribution in [3.8, 4) is 5.69 Å². The van der Waals surface area contributed by atoms with Crippen LogP contribution in [0.25, 0.3) is 5.69 Å². The molecule has 1 aromatic heterocycles. The van der Waals surface area contributed by atoms with Gasteiger partial charge in [-0.25, -0.2) is 18.4 Å². The van der Waals surface area contributed by atoms with Gasteiger partial charge in [0, 0.05) is 4.47 Å². The quantitative estimate of drug-likeness (QED) is 0.874. The Morgan fingerprint density at radius 1 is 1.56 bits per heavy atom. The van der Waals surface area contributed by atoms with Gasteiger partial charge in [0.25, 0.3) is 0 Å². The van der Waals surface area contributed by atoms with E-state index in [0.29, 0.717) is 17.6 Å². The first kappa shape index (κ1) is 12.8. The maximum Gasteiger partial charge on any atom is 0.350 e. The predicted molar refractivity (Wildman–Crippen MR) is 70.4 cm³/mol. The van der Waals surface area contributed by atoms with Gasteiger partial charge in [-0.15, -0.1) is 0 Å². The molecule has 1 heterocycles. The Morgan fingerprint density at radius 3 is 3.00 bits per heavy atom. The van der Waals surface area contributed by atoms with E-state index in [4.69, 9.17) is 0 Å². The molecule has 18 heavy (non-hydrogen) atoms. The highest BCUT2D eigenvalue weighted by molar-refractivity contribution is 9.10. The first-order valence-electron chi connectivity index (χ1n) is 5.28. The van der Waals surface area contributed by atoms with Crippen LogP contribution in [0, 0.1) is 0 Å². The lowest BCUT2D eigenvalue weighted by Gasteiger charge is -2.01. The predicted octanol–water partition coefficient (Wildman–Crippen LogP) is 2.67. The minimum Gasteiger partial charge on any atom is -0.250 e. The lowest BCUT2D eigenvalue weighted by molar-refractivity contribution is 0.620. The van der Waals surface area contributed by atoms with Crippen LogP contribution in [0.4, 0.5) is 4.39 Å². The molecule has 0 bridgehead atoms.